The molecule has 0 aromatic carbocycles. The van der Waals surface area contributed by atoms with Crippen molar-refractivity contribution >= 4 is 5.97 Å². The molecule has 1 aromatic rings. The summed E-state index contributed by atoms with van der Waals surface area (Å²) in [5.41, 5.74) is -2.42. The molecule has 0 unspecified atom stereocenters. The second-order valence-electron chi connectivity index (χ2n) is 3.25. The van der Waals surface area contributed by atoms with E-state index in [1.807, 2.05) is 9.97 Å². The standard InChI is InChI=1S/C9H13N3O5/c1-2-17-6(13)4-3-5-12-8(15)10-7(14)11-9(12)16/h2-5H2,1H3,(H2,10,11,14,15,16). The molecule has 0 bridgehead atoms. The average molecular weight is 243 g/mol. The van der Waals surface area contributed by atoms with Crippen LogP contribution in [-0.4, -0.2) is 27.1 Å². The lowest BCUT2D eigenvalue weighted by molar-refractivity contribution is -0.143. The molecule has 0 spiro atoms. The molecule has 1 aromatic heterocycles. The van der Waals surface area contributed by atoms with Gasteiger partial charge in [0.1, 0.15) is 0 Å². The molecule has 0 radical (unpaired) electrons. The van der Waals surface area contributed by atoms with Crippen LogP contribution in [-0.2, 0) is 16.1 Å². The highest BCUT2D eigenvalue weighted by molar-refractivity contribution is 5.69. The summed E-state index contributed by atoms with van der Waals surface area (Å²) in [4.78, 5) is 48.0. The Morgan fingerprint density at radius 1 is 1.24 bits per heavy atom. The van der Waals surface area contributed by atoms with E-state index in [1.165, 1.54) is 0 Å². The SMILES string of the molecule is CCOC(=O)CCCn1c(=O)[nH]c(=O)[nH]c1=O. The van der Waals surface area contributed by atoms with Crippen molar-refractivity contribution in [1.29, 1.82) is 0 Å². The first-order valence-electron chi connectivity index (χ1n) is 5.13. The van der Waals surface area contributed by atoms with Crippen molar-refractivity contribution in [2.24, 2.45) is 0 Å². The number of ether oxygens (including phenoxy) is 1. The minimum atomic E-state index is -0.846. The molecule has 1 rings (SSSR count). The van der Waals surface area contributed by atoms with E-state index in [-0.39, 0.29) is 32.0 Å². The van der Waals surface area contributed by atoms with Gasteiger partial charge in [-0.15, -0.1) is 0 Å². The van der Waals surface area contributed by atoms with Crippen molar-refractivity contribution in [3.63, 3.8) is 0 Å². The van der Waals surface area contributed by atoms with Crippen LogP contribution in [0, 0.1) is 0 Å². The number of aromatic nitrogens is 3. The summed E-state index contributed by atoms with van der Waals surface area (Å²) in [6.45, 7) is 2.02. The molecule has 0 aliphatic carbocycles. The molecule has 0 saturated heterocycles. The van der Waals surface area contributed by atoms with Gasteiger partial charge in [-0.05, 0) is 13.3 Å². The summed E-state index contributed by atoms with van der Waals surface area (Å²) in [6, 6.07) is 0. The average Bonchev–Trinajstić information content (AvgIpc) is 2.22. The van der Waals surface area contributed by atoms with Gasteiger partial charge in [0, 0.05) is 13.0 Å². The van der Waals surface area contributed by atoms with Crippen molar-refractivity contribution < 1.29 is 9.53 Å². The summed E-state index contributed by atoms with van der Waals surface area (Å²) in [5.74, 6) is -0.388. The van der Waals surface area contributed by atoms with E-state index < -0.39 is 17.1 Å². The minimum absolute atomic E-state index is 0.0454. The quantitative estimate of drug-likeness (QED) is 0.615. The van der Waals surface area contributed by atoms with E-state index in [2.05, 4.69) is 4.74 Å². The largest absolute Gasteiger partial charge is 0.466 e. The molecule has 0 fully saturated rings. The second kappa shape index (κ2) is 5.83. The van der Waals surface area contributed by atoms with Crippen LogP contribution in [0.2, 0.25) is 0 Å². The Morgan fingerprint density at radius 3 is 2.35 bits per heavy atom. The summed E-state index contributed by atoms with van der Waals surface area (Å²) in [7, 11) is 0. The molecule has 0 saturated carbocycles. The summed E-state index contributed by atoms with van der Waals surface area (Å²) in [5, 5.41) is 0. The zero-order valence-corrected chi connectivity index (χ0v) is 9.32. The molecular weight excluding hydrogens is 230 g/mol. The zero-order chi connectivity index (χ0) is 12.8. The molecule has 0 amide bonds. The van der Waals surface area contributed by atoms with Crippen LogP contribution in [0.4, 0.5) is 0 Å². The fourth-order valence-corrected chi connectivity index (χ4v) is 1.27. The van der Waals surface area contributed by atoms with Gasteiger partial charge >= 0.3 is 23.0 Å². The Balaban J connectivity index is 2.65. The number of nitrogens with one attached hydrogen (secondary N) is 2. The highest BCUT2D eigenvalue weighted by Crippen LogP contribution is 1.93. The van der Waals surface area contributed by atoms with Gasteiger partial charge in [0.25, 0.3) is 0 Å². The molecule has 0 aliphatic heterocycles. The molecule has 0 atom stereocenters. The predicted molar refractivity (Wildman–Crippen MR) is 57.8 cm³/mol. The lowest BCUT2D eigenvalue weighted by Crippen LogP contribution is -2.43. The Hall–Kier alpha value is -2.12. The number of hydrogen-bond acceptors (Lipinski definition) is 5. The van der Waals surface area contributed by atoms with Crippen LogP contribution < -0.4 is 17.1 Å². The topological polar surface area (TPSA) is 114 Å². The number of H-pyrrole nitrogens is 2. The van der Waals surface area contributed by atoms with Crippen molar-refractivity contribution in [1.82, 2.24) is 14.5 Å². The van der Waals surface area contributed by atoms with Crippen LogP contribution in [0.1, 0.15) is 19.8 Å². The second-order valence-corrected chi connectivity index (χ2v) is 3.25. The number of hydrogen-bond donors (Lipinski definition) is 2. The van der Waals surface area contributed by atoms with E-state index in [9.17, 15) is 19.2 Å². The van der Waals surface area contributed by atoms with Gasteiger partial charge in [0.2, 0.25) is 0 Å². The van der Waals surface area contributed by atoms with E-state index in [4.69, 9.17) is 0 Å². The van der Waals surface area contributed by atoms with E-state index >= 15 is 0 Å². The third-order valence-electron chi connectivity index (χ3n) is 2.00. The van der Waals surface area contributed by atoms with Gasteiger partial charge in [-0.3, -0.25) is 14.8 Å². The maximum atomic E-state index is 11.2. The van der Waals surface area contributed by atoms with Gasteiger partial charge in [0.05, 0.1) is 6.61 Å². The zero-order valence-electron chi connectivity index (χ0n) is 9.32. The molecule has 1 heterocycles. The Bertz CT molecular complexity index is 518. The van der Waals surface area contributed by atoms with E-state index in [0.29, 0.717) is 0 Å². The molecular formula is C9H13N3O5. The smallest absolute Gasteiger partial charge is 0.333 e. The first-order chi connectivity index (χ1) is 8.04. The highest BCUT2D eigenvalue weighted by Gasteiger charge is 2.05. The fourth-order valence-electron chi connectivity index (χ4n) is 1.27. The van der Waals surface area contributed by atoms with Crippen molar-refractivity contribution in [3.8, 4) is 0 Å². The van der Waals surface area contributed by atoms with Crippen molar-refractivity contribution in [2.75, 3.05) is 6.61 Å². The third-order valence-corrected chi connectivity index (χ3v) is 2.00. The maximum Gasteiger partial charge on any atom is 0.333 e. The first kappa shape index (κ1) is 12.9. The Morgan fingerprint density at radius 2 is 1.82 bits per heavy atom. The molecule has 0 aliphatic rings. The molecule has 2 N–H and O–H groups in total. The lowest BCUT2D eigenvalue weighted by atomic mass is 10.3. The van der Waals surface area contributed by atoms with Gasteiger partial charge in [-0.25, -0.2) is 19.0 Å². The summed E-state index contributed by atoms with van der Waals surface area (Å²) < 4.78 is 5.51. The van der Waals surface area contributed by atoms with Gasteiger partial charge < -0.3 is 4.74 Å². The normalized spacial score (nSPS) is 10.2. The van der Waals surface area contributed by atoms with Crippen LogP contribution in [0.3, 0.4) is 0 Å². The van der Waals surface area contributed by atoms with Crippen LogP contribution in [0.5, 0.6) is 0 Å². The number of aromatic amines is 2. The molecule has 8 nitrogen and oxygen atoms in total. The van der Waals surface area contributed by atoms with Gasteiger partial charge in [-0.2, -0.15) is 0 Å². The number of nitrogens with zero attached hydrogens (tertiary/aromatic N) is 1. The fraction of sp³-hybridized carbons (Fsp3) is 0.556. The number of carbonyl (C=O) groups is 1. The predicted octanol–water partition coefficient (Wildman–Crippen LogP) is -1.43. The molecule has 17 heavy (non-hydrogen) atoms. The van der Waals surface area contributed by atoms with Crippen molar-refractivity contribution in [2.45, 2.75) is 26.3 Å². The monoisotopic (exact) mass is 243 g/mol. The van der Waals surface area contributed by atoms with Gasteiger partial charge in [-0.1, -0.05) is 0 Å². The van der Waals surface area contributed by atoms with E-state index in [1.54, 1.807) is 6.92 Å². The lowest BCUT2D eigenvalue weighted by Gasteiger charge is -2.03. The van der Waals surface area contributed by atoms with Crippen molar-refractivity contribution in [3.05, 3.63) is 31.5 Å². The highest BCUT2D eigenvalue weighted by atomic mass is 16.5. The van der Waals surface area contributed by atoms with Crippen LogP contribution >= 0.6 is 0 Å². The first-order valence-corrected chi connectivity index (χ1v) is 5.13. The third kappa shape index (κ3) is 3.74. The number of carbonyl (C=O) groups excluding carboxylic acids is 1. The maximum absolute atomic E-state index is 11.2. The Kier molecular flexibility index (Phi) is 4.44. The minimum Gasteiger partial charge on any atom is -0.466 e. The number of esters is 1. The Labute approximate surface area is 95.2 Å². The molecule has 8 heteroatoms. The molecule has 94 valence electrons. The van der Waals surface area contributed by atoms with Gasteiger partial charge in [0.15, 0.2) is 0 Å². The summed E-state index contributed by atoms with van der Waals surface area (Å²) >= 11 is 0. The van der Waals surface area contributed by atoms with E-state index in [0.717, 1.165) is 4.57 Å². The van der Waals surface area contributed by atoms with Crippen LogP contribution in [0.25, 0.3) is 0 Å². The number of rotatable bonds is 5. The summed E-state index contributed by atoms with van der Waals surface area (Å²) in [6.07, 6.45) is 0.396. The van der Waals surface area contributed by atoms with Crippen LogP contribution in [0.15, 0.2) is 14.4 Å².